The first-order valence-electron chi connectivity index (χ1n) is 9.38. The number of carbonyl (C=O) groups excluding carboxylic acids is 1. The summed E-state index contributed by atoms with van der Waals surface area (Å²) in [5, 5.41) is 2.95. The molecule has 1 fully saturated rings. The maximum atomic E-state index is 12.8. The van der Waals surface area contributed by atoms with E-state index >= 15 is 0 Å². The third kappa shape index (κ3) is 4.20. The molecule has 3 rings (SSSR count). The van der Waals surface area contributed by atoms with Crippen LogP contribution in [0, 0.1) is 6.92 Å². The van der Waals surface area contributed by atoms with Gasteiger partial charge in [-0.1, -0.05) is 18.2 Å². The van der Waals surface area contributed by atoms with Crippen LogP contribution >= 0.6 is 0 Å². The lowest BCUT2D eigenvalue weighted by molar-refractivity contribution is 0.0939. The Morgan fingerprint density at radius 2 is 1.75 bits per heavy atom. The molecule has 2 aromatic carbocycles. The highest BCUT2D eigenvalue weighted by molar-refractivity contribution is 7.89. The van der Waals surface area contributed by atoms with Gasteiger partial charge in [0.1, 0.15) is 5.75 Å². The molecule has 6 nitrogen and oxygen atoms in total. The Morgan fingerprint density at radius 1 is 1.11 bits per heavy atom. The summed E-state index contributed by atoms with van der Waals surface area (Å²) >= 11 is 0. The van der Waals surface area contributed by atoms with Crippen molar-refractivity contribution in [3.63, 3.8) is 0 Å². The summed E-state index contributed by atoms with van der Waals surface area (Å²) in [6.45, 7) is 4.76. The summed E-state index contributed by atoms with van der Waals surface area (Å²) in [6, 6.07) is 12.0. The first-order valence-corrected chi connectivity index (χ1v) is 10.8. The second kappa shape index (κ2) is 8.32. The number of benzene rings is 2. The lowest BCUT2D eigenvalue weighted by atomic mass is 10.1. The number of sulfonamides is 1. The van der Waals surface area contributed by atoms with E-state index in [9.17, 15) is 13.2 Å². The van der Waals surface area contributed by atoms with Gasteiger partial charge < -0.3 is 10.1 Å². The molecule has 1 unspecified atom stereocenters. The quantitative estimate of drug-likeness (QED) is 0.805. The van der Waals surface area contributed by atoms with Crippen molar-refractivity contribution in [1.82, 2.24) is 9.62 Å². The molecule has 28 heavy (non-hydrogen) atoms. The Bertz CT molecular complexity index is 949. The number of hydrogen-bond acceptors (Lipinski definition) is 4. The predicted octanol–water partition coefficient (Wildman–Crippen LogP) is 3.28. The van der Waals surface area contributed by atoms with Crippen LogP contribution < -0.4 is 10.1 Å². The zero-order valence-corrected chi connectivity index (χ0v) is 17.3. The van der Waals surface area contributed by atoms with E-state index in [0.29, 0.717) is 18.7 Å². The number of nitrogens with one attached hydrogen (secondary N) is 1. The van der Waals surface area contributed by atoms with Crippen molar-refractivity contribution in [2.45, 2.75) is 37.6 Å². The van der Waals surface area contributed by atoms with Gasteiger partial charge >= 0.3 is 0 Å². The van der Waals surface area contributed by atoms with E-state index in [4.69, 9.17) is 4.74 Å². The number of ether oxygens (including phenoxy) is 1. The fourth-order valence-electron chi connectivity index (χ4n) is 3.33. The van der Waals surface area contributed by atoms with Crippen molar-refractivity contribution >= 4 is 15.9 Å². The molecule has 0 bridgehead atoms. The summed E-state index contributed by atoms with van der Waals surface area (Å²) in [7, 11) is -1.96. The first kappa shape index (κ1) is 20.4. The van der Waals surface area contributed by atoms with Crippen molar-refractivity contribution < 1.29 is 17.9 Å². The van der Waals surface area contributed by atoms with Gasteiger partial charge in [0.2, 0.25) is 10.0 Å². The number of aryl methyl sites for hydroxylation is 1. The van der Waals surface area contributed by atoms with Crippen molar-refractivity contribution in [3.05, 3.63) is 59.2 Å². The van der Waals surface area contributed by atoms with E-state index in [0.717, 1.165) is 29.7 Å². The van der Waals surface area contributed by atoms with Gasteiger partial charge in [0.05, 0.1) is 18.0 Å². The van der Waals surface area contributed by atoms with Gasteiger partial charge in [0.15, 0.2) is 0 Å². The van der Waals surface area contributed by atoms with Crippen LogP contribution in [0.1, 0.15) is 47.3 Å². The lowest BCUT2D eigenvalue weighted by Crippen LogP contribution is -2.29. The van der Waals surface area contributed by atoms with E-state index in [-0.39, 0.29) is 16.8 Å². The van der Waals surface area contributed by atoms with Crippen LogP contribution in [0.4, 0.5) is 0 Å². The van der Waals surface area contributed by atoms with Crippen molar-refractivity contribution in [3.8, 4) is 5.75 Å². The maximum Gasteiger partial charge on any atom is 0.252 e. The van der Waals surface area contributed by atoms with Gasteiger partial charge in [-0.05, 0) is 62.1 Å². The molecule has 0 saturated carbocycles. The van der Waals surface area contributed by atoms with Crippen molar-refractivity contribution in [2.24, 2.45) is 0 Å². The van der Waals surface area contributed by atoms with Crippen LogP contribution in [0.15, 0.2) is 47.4 Å². The van der Waals surface area contributed by atoms with Gasteiger partial charge in [-0.15, -0.1) is 0 Å². The summed E-state index contributed by atoms with van der Waals surface area (Å²) in [5.41, 5.74) is 2.05. The molecule has 0 spiro atoms. The minimum atomic E-state index is -3.56. The van der Waals surface area contributed by atoms with Gasteiger partial charge in [0, 0.05) is 18.7 Å². The summed E-state index contributed by atoms with van der Waals surface area (Å²) < 4.78 is 32.3. The number of rotatable bonds is 6. The van der Waals surface area contributed by atoms with Gasteiger partial charge in [-0.25, -0.2) is 8.42 Å². The van der Waals surface area contributed by atoms with Gasteiger partial charge in [-0.2, -0.15) is 4.31 Å². The fraction of sp³-hybridized carbons (Fsp3) is 0.381. The number of methoxy groups -OCH3 is 1. The van der Waals surface area contributed by atoms with E-state index in [1.807, 2.05) is 31.2 Å². The minimum absolute atomic E-state index is 0.169. The van der Waals surface area contributed by atoms with Crippen LogP contribution in [0.5, 0.6) is 5.75 Å². The number of amides is 1. The summed E-state index contributed by atoms with van der Waals surface area (Å²) in [4.78, 5) is 13.0. The standard InChI is InChI=1S/C21H26N2O4S/c1-15-6-11-19(28(25,26)23-12-4-5-13-23)14-20(15)21(24)22-16(2)17-7-9-18(27-3)10-8-17/h6-11,14,16H,4-5,12-13H2,1-3H3,(H,22,24). The molecule has 1 N–H and O–H groups in total. The summed E-state index contributed by atoms with van der Waals surface area (Å²) in [6.07, 6.45) is 1.75. The molecular formula is C21H26N2O4S. The second-order valence-corrected chi connectivity index (χ2v) is 8.99. The van der Waals surface area contributed by atoms with Crippen LogP contribution in [-0.4, -0.2) is 38.8 Å². The van der Waals surface area contributed by atoms with E-state index < -0.39 is 10.0 Å². The number of hydrogen-bond donors (Lipinski definition) is 1. The number of nitrogens with zero attached hydrogens (tertiary/aromatic N) is 1. The van der Waals surface area contributed by atoms with Crippen molar-refractivity contribution in [2.75, 3.05) is 20.2 Å². The minimum Gasteiger partial charge on any atom is -0.497 e. The molecule has 1 aliphatic rings. The highest BCUT2D eigenvalue weighted by atomic mass is 32.2. The molecular weight excluding hydrogens is 376 g/mol. The van der Waals surface area contributed by atoms with Crippen LogP contribution in [0.25, 0.3) is 0 Å². The Hall–Kier alpha value is -2.38. The SMILES string of the molecule is COc1ccc(C(C)NC(=O)c2cc(S(=O)(=O)N3CCCC3)ccc2C)cc1. The van der Waals surface area contributed by atoms with E-state index in [2.05, 4.69) is 5.32 Å². The van der Waals surface area contributed by atoms with E-state index in [1.165, 1.54) is 10.4 Å². The van der Waals surface area contributed by atoms with Crippen LogP contribution in [0.2, 0.25) is 0 Å². The largest absolute Gasteiger partial charge is 0.497 e. The second-order valence-electron chi connectivity index (χ2n) is 7.06. The topological polar surface area (TPSA) is 75.7 Å². The molecule has 1 aliphatic heterocycles. The molecule has 1 atom stereocenters. The molecule has 1 heterocycles. The molecule has 7 heteroatoms. The summed E-state index contributed by atoms with van der Waals surface area (Å²) in [5.74, 6) is 0.456. The molecule has 0 aromatic heterocycles. The molecule has 2 aromatic rings. The first-order chi connectivity index (χ1) is 13.3. The molecule has 0 aliphatic carbocycles. The normalized spacial score (nSPS) is 16.0. The number of carbonyl (C=O) groups is 1. The van der Waals surface area contributed by atoms with Crippen LogP contribution in [-0.2, 0) is 10.0 Å². The molecule has 1 saturated heterocycles. The lowest BCUT2D eigenvalue weighted by Gasteiger charge is -2.18. The van der Waals surface area contributed by atoms with Gasteiger partial charge in [-0.3, -0.25) is 4.79 Å². The molecule has 150 valence electrons. The zero-order valence-electron chi connectivity index (χ0n) is 16.4. The molecule has 1 amide bonds. The highest BCUT2D eigenvalue weighted by Gasteiger charge is 2.28. The fourth-order valence-corrected chi connectivity index (χ4v) is 4.88. The Morgan fingerprint density at radius 3 is 2.36 bits per heavy atom. The van der Waals surface area contributed by atoms with Crippen LogP contribution in [0.3, 0.4) is 0 Å². The maximum absolute atomic E-state index is 12.8. The predicted molar refractivity (Wildman–Crippen MR) is 108 cm³/mol. The zero-order chi connectivity index (χ0) is 20.3. The van der Waals surface area contributed by atoms with Gasteiger partial charge in [0.25, 0.3) is 5.91 Å². The highest BCUT2D eigenvalue weighted by Crippen LogP contribution is 2.24. The third-order valence-electron chi connectivity index (χ3n) is 5.12. The average Bonchev–Trinajstić information content (AvgIpc) is 3.24. The Kier molecular flexibility index (Phi) is 6.05. The smallest absolute Gasteiger partial charge is 0.252 e. The van der Waals surface area contributed by atoms with Crippen molar-refractivity contribution in [1.29, 1.82) is 0 Å². The average molecular weight is 403 g/mol. The monoisotopic (exact) mass is 402 g/mol. The third-order valence-corrected chi connectivity index (χ3v) is 7.01. The Labute approximate surface area is 166 Å². The van der Waals surface area contributed by atoms with E-state index in [1.54, 1.807) is 26.2 Å². The Balaban J connectivity index is 1.81. The molecule has 0 radical (unpaired) electrons.